The maximum absolute atomic E-state index is 12.2. The summed E-state index contributed by atoms with van der Waals surface area (Å²) in [5.41, 5.74) is 0.251. The Kier molecular flexibility index (Phi) is 4.93. The molecule has 8 heteroatoms. The van der Waals surface area contributed by atoms with Crippen molar-refractivity contribution in [3.8, 4) is 0 Å². The lowest BCUT2D eigenvalue weighted by Gasteiger charge is -2.27. The number of nitrogens with zero attached hydrogens (tertiary/aromatic N) is 1. The Morgan fingerprint density at radius 3 is 2.70 bits per heavy atom. The van der Waals surface area contributed by atoms with Gasteiger partial charge in [-0.1, -0.05) is 0 Å². The number of hydrogen-bond acceptors (Lipinski definition) is 5. The van der Waals surface area contributed by atoms with E-state index in [9.17, 15) is 14.4 Å². The Morgan fingerprint density at radius 2 is 2.09 bits per heavy atom. The van der Waals surface area contributed by atoms with Crippen molar-refractivity contribution in [3.63, 3.8) is 0 Å². The number of fused-ring (bicyclic) bond motifs is 1. The van der Waals surface area contributed by atoms with Crippen LogP contribution in [0.2, 0.25) is 0 Å². The molecular weight excluding hydrogens is 320 g/mol. The Morgan fingerprint density at radius 1 is 1.39 bits per heavy atom. The smallest absolute Gasteiger partial charge is 0.408 e. The molecule has 1 aliphatic rings. The number of alkyl carbamates (subject to hydrolysis) is 1. The number of ether oxygens (including phenoxy) is 1. The number of amides is 2. The van der Waals surface area contributed by atoms with E-state index in [4.69, 9.17) is 9.84 Å². The van der Waals surface area contributed by atoms with Gasteiger partial charge in [-0.2, -0.15) is 0 Å². The number of hydrogen-bond donors (Lipinski definition) is 2. The van der Waals surface area contributed by atoms with Crippen molar-refractivity contribution in [1.29, 1.82) is 0 Å². The predicted octanol–water partition coefficient (Wildman–Crippen LogP) is 1.86. The summed E-state index contributed by atoms with van der Waals surface area (Å²) in [6, 6.07) is 1.61. The summed E-state index contributed by atoms with van der Waals surface area (Å²) in [6.07, 6.45) is -0.00177. The van der Waals surface area contributed by atoms with Crippen LogP contribution in [-0.4, -0.2) is 46.7 Å². The van der Waals surface area contributed by atoms with Crippen LogP contribution >= 0.6 is 11.3 Å². The molecule has 1 aromatic rings. The minimum Gasteiger partial charge on any atom is -0.477 e. The highest BCUT2D eigenvalue weighted by Crippen LogP contribution is 2.28. The second kappa shape index (κ2) is 6.57. The number of carboxylic acids is 1. The molecule has 0 saturated heterocycles. The van der Waals surface area contributed by atoms with E-state index in [-0.39, 0.29) is 17.3 Å². The second-order valence-electron chi connectivity index (χ2n) is 6.28. The van der Waals surface area contributed by atoms with E-state index in [1.165, 1.54) is 11.3 Å². The van der Waals surface area contributed by atoms with Crippen LogP contribution in [0.3, 0.4) is 0 Å². The number of carboxylic acid groups (broad SMARTS) is 1. The van der Waals surface area contributed by atoms with Gasteiger partial charge in [-0.3, -0.25) is 4.79 Å². The van der Waals surface area contributed by atoms with Crippen LogP contribution in [0.1, 0.15) is 40.9 Å². The molecule has 2 heterocycles. The van der Waals surface area contributed by atoms with Crippen LogP contribution < -0.4 is 5.32 Å². The fourth-order valence-corrected chi connectivity index (χ4v) is 3.23. The van der Waals surface area contributed by atoms with Gasteiger partial charge < -0.3 is 20.1 Å². The molecule has 0 aromatic carbocycles. The fraction of sp³-hybridized carbons (Fsp3) is 0.533. The molecule has 0 unspecified atom stereocenters. The molecule has 1 aliphatic heterocycles. The summed E-state index contributed by atoms with van der Waals surface area (Å²) >= 11 is 1.25. The molecule has 23 heavy (non-hydrogen) atoms. The van der Waals surface area contributed by atoms with E-state index in [2.05, 4.69) is 5.32 Å². The van der Waals surface area contributed by atoms with Gasteiger partial charge in [-0.25, -0.2) is 9.59 Å². The van der Waals surface area contributed by atoms with Crippen LogP contribution in [-0.2, 0) is 22.5 Å². The van der Waals surface area contributed by atoms with Gasteiger partial charge in [0.1, 0.15) is 17.0 Å². The zero-order valence-corrected chi connectivity index (χ0v) is 14.2. The minimum absolute atomic E-state index is 0.139. The summed E-state index contributed by atoms with van der Waals surface area (Å²) in [5, 5.41) is 11.5. The summed E-state index contributed by atoms with van der Waals surface area (Å²) in [5.74, 6) is -1.17. The summed E-state index contributed by atoms with van der Waals surface area (Å²) in [4.78, 5) is 37.6. The fourth-order valence-electron chi connectivity index (χ4n) is 2.23. The molecule has 2 rings (SSSR count). The van der Waals surface area contributed by atoms with Crippen molar-refractivity contribution in [1.82, 2.24) is 10.2 Å². The van der Waals surface area contributed by atoms with Crippen molar-refractivity contribution < 1.29 is 24.2 Å². The Bertz CT molecular complexity index is 632. The first-order chi connectivity index (χ1) is 10.7. The first kappa shape index (κ1) is 17.3. The monoisotopic (exact) mass is 340 g/mol. The van der Waals surface area contributed by atoms with Gasteiger partial charge in [0, 0.05) is 18.0 Å². The highest BCUT2D eigenvalue weighted by Gasteiger charge is 2.25. The molecule has 0 atom stereocenters. The molecule has 0 radical (unpaired) electrons. The average Bonchev–Trinajstić information content (AvgIpc) is 2.86. The molecule has 2 amide bonds. The topological polar surface area (TPSA) is 95.9 Å². The van der Waals surface area contributed by atoms with E-state index in [0.717, 1.165) is 10.4 Å². The van der Waals surface area contributed by atoms with Crippen molar-refractivity contribution in [2.45, 2.75) is 39.3 Å². The molecular formula is C15H20N2O5S. The minimum atomic E-state index is -0.950. The van der Waals surface area contributed by atoms with Crippen LogP contribution in [0.25, 0.3) is 0 Å². The first-order valence-corrected chi connectivity index (χ1v) is 8.07. The third-order valence-corrected chi connectivity index (χ3v) is 4.44. The molecule has 0 saturated carbocycles. The molecule has 126 valence electrons. The van der Waals surface area contributed by atoms with Gasteiger partial charge in [0.2, 0.25) is 5.91 Å². The Balaban J connectivity index is 1.89. The van der Waals surface area contributed by atoms with E-state index >= 15 is 0 Å². The van der Waals surface area contributed by atoms with Crippen LogP contribution in [0.4, 0.5) is 4.79 Å². The number of carbonyl (C=O) groups is 3. The van der Waals surface area contributed by atoms with Gasteiger partial charge in [0.15, 0.2) is 0 Å². The van der Waals surface area contributed by atoms with E-state index in [0.29, 0.717) is 19.5 Å². The van der Waals surface area contributed by atoms with E-state index in [1.54, 1.807) is 31.7 Å². The number of carbonyl (C=O) groups excluding carboxylic acids is 2. The third-order valence-electron chi connectivity index (χ3n) is 3.21. The lowest BCUT2D eigenvalue weighted by molar-refractivity contribution is -0.131. The maximum atomic E-state index is 12.2. The average molecular weight is 340 g/mol. The van der Waals surface area contributed by atoms with Crippen LogP contribution in [0.15, 0.2) is 6.07 Å². The first-order valence-electron chi connectivity index (χ1n) is 7.25. The lowest BCUT2D eigenvalue weighted by Crippen LogP contribution is -2.43. The van der Waals surface area contributed by atoms with Gasteiger partial charge >= 0.3 is 12.1 Å². The normalized spacial score (nSPS) is 14.1. The maximum Gasteiger partial charge on any atom is 0.408 e. The summed E-state index contributed by atoms with van der Waals surface area (Å²) < 4.78 is 5.08. The highest BCUT2D eigenvalue weighted by atomic mass is 32.1. The molecule has 0 bridgehead atoms. The van der Waals surface area contributed by atoms with E-state index < -0.39 is 17.7 Å². The highest BCUT2D eigenvalue weighted by molar-refractivity contribution is 7.14. The number of nitrogens with one attached hydrogen (secondary N) is 1. The molecule has 2 N–H and O–H groups in total. The quantitative estimate of drug-likeness (QED) is 0.875. The van der Waals surface area contributed by atoms with Crippen LogP contribution in [0, 0.1) is 0 Å². The van der Waals surface area contributed by atoms with Gasteiger partial charge in [-0.15, -0.1) is 11.3 Å². The second-order valence-corrected chi connectivity index (χ2v) is 7.42. The largest absolute Gasteiger partial charge is 0.477 e. The Labute approximate surface area is 138 Å². The van der Waals surface area contributed by atoms with Crippen LogP contribution in [0.5, 0.6) is 0 Å². The van der Waals surface area contributed by atoms with Crippen molar-refractivity contribution in [2.24, 2.45) is 0 Å². The van der Waals surface area contributed by atoms with Gasteiger partial charge in [-0.05, 0) is 38.8 Å². The summed E-state index contributed by atoms with van der Waals surface area (Å²) in [6.45, 7) is 5.99. The molecule has 0 aliphatic carbocycles. The van der Waals surface area contributed by atoms with Crippen molar-refractivity contribution in [3.05, 3.63) is 21.4 Å². The van der Waals surface area contributed by atoms with Gasteiger partial charge in [0.25, 0.3) is 0 Å². The molecule has 0 spiro atoms. The molecule has 7 nitrogen and oxygen atoms in total. The van der Waals surface area contributed by atoms with E-state index in [1.807, 2.05) is 0 Å². The van der Waals surface area contributed by atoms with Gasteiger partial charge in [0.05, 0.1) is 0 Å². The number of thiophene rings is 1. The van der Waals surface area contributed by atoms with Crippen molar-refractivity contribution >= 4 is 29.3 Å². The Hall–Kier alpha value is -2.09. The predicted molar refractivity (Wildman–Crippen MR) is 84.6 cm³/mol. The SMILES string of the molecule is CC(C)(C)OC(=O)NCC(=O)N1CCc2sc(C(=O)O)cc2C1. The molecule has 1 aromatic heterocycles. The number of rotatable bonds is 3. The zero-order valence-electron chi connectivity index (χ0n) is 13.3. The standard InChI is InChI=1S/C15H20N2O5S/c1-15(2,3)22-14(21)16-7-12(18)17-5-4-10-9(8-17)6-11(23-10)13(19)20/h6H,4-5,7-8H2,1-3H3,(H,16,21)(H,19,20). The number of aromatic carboxylic acids is 1. The summed E-state index contributed by atoms with van der Waals surface area (Å²) in [7, 11) is 0. The lowest BCUT2D eigenvalue weighted by atomic mass is 10.1. The third kappa shape index (κ3) is 4.69. The molecule has 0 fully saturated rings. The van der Waals surface area contributed by atoms with Crippen molar-refractivity contribution in [2.75, 3.05) is 13.1 Å². The zero-order chi connectivity index (χ0) is 17.2.